The first-order chi connectivity index (χ1) is 10.0. The van der Waals surface area contributed by atoms with Crippen molar-refractivity contribution in [1.82, 2.24) is 10.2 Å². The quantitative estimate of drug-likeness (QED) is 0.629. The van der Waals surface area contributed by atoms with Gasteiger partial charge in [0.1, 0.15) is 0 Å². The van der Waals surface area contributed by atoms with Crippen LogP contribution in [0.15, 0.2) is 0 Å². The molecule has 0 spiro atoms. The van der Waals surface area contributed by atoms with Gasteiger partial charge in [-0.1, -0.05) is 0 Å². The molecule has 0 aromatic heterocycles. The Bertz CT molecular complexity index is 374. The van der Waals surface area contributed by atoms with Gasteiger partial charge in [0.2, 0.25) is 5.91 Å². The average molecular weight is 300 g/mol. The van der Waals surface area contributed by atoms with Crippen molar-refractivity contribution in [3.8, 4) is 0 Å². The lowest BCUT2D eigenvalue weighted by molar-refractivity contribution is -0.145. The predicted octanol–water partition coefficient (Wildman–Crippen LogP) is -0.559. The highest BCUT2D eigenvalue weighted by Crippen LogP contribution is 2.19. The number of ether oxygens (including phenoxy) is 1. The summed E-state index contributed by atoms with van der Waals surface area (Å²) in [6, 6.07) is 0. The van der Waals surface area contributed by atoms with Crippen LogP contribution >= 0.6 is 0 Å². The molecule has 0 radical (unpaired) electrons. The van der Waals surface area contributed by atoms with Crippen LogP contribution in [0.1, 0.15) is 25.7 Å². The van der Waals surface area contributed by atoms with Gasteiger partial charge in [-0.2, -0.15) is 0 Å². The molecule has 2 rings (SSSR count). The number of carboxylic acid groups (broad SMARTS) is 1. The Morgan fingerprint density at radius 2 is 1.86 bits per heavy atom. The van der Waals surface area contributed by atoms with E-state index in [1.165, 1.54) is 0 Å². The van der Waals surface area contributed by atoms with E-state index in [1.807, 2.05) is 0 Å². The number of carboxylic acids is 1. The molecule has 1 amide bonds. The molecule has 21 heavy (non-hydrogen) atoms. The Morgan fingerprint density at radius 1 is 1.24 bits per heavy atom. The molecule has 3 N–H and O–H groups in total. The summed E-state index contributed by atoms with van der Waals surface area (Å²) in [5.74, 6) is -1.14. The SMILES string of the molecule is O=C(O)C1CCN(C(=O)CNCC2(O)CCOCC2)CC1. The number of nitrogens with one attached hydrogen (secondary N) is 1. The highest BCUT2D eigenvalue weighted by atomic mass is 16.5. The molecule has 2 aliphatic heterocycles. The summed E-state index contributed by atoms with van der Waals surface area (Å²) in [6.45, 7) is 2.66. The molecule has 7 nitrogen and oxygen atoms in total. The standard InChI is InChI=1S/C14H24N2O5/c17-12(16-5-1-11(2-6-16)13(18)19)9-15-10-14(20)3-7-21-8-4-14/h11,15,20H,1-10H2,(H,18,19). The van der Waals surface area contributed by atoms with Crippen molar-refractivity contribution in [3.05, 3.63) is 0 Å². The van der Waals surface area contributed by atoms with E-state index in [0.717, 1.165) is 0 Å². The fraction of sp³-hybridized carbons (Fsp3) is 0.857. The summed E-state index contributed by atoms with van der Waals surface area (Å²) >= 11 is 0. The molecule has 7 heteroatoms. The zero-order valence-corrected chi connectivity index (χ0v) is 12.2. The number of nitrogens with zero attached hydrogens (tertiary/aromatic N) is 1. The van der Waals surface area contributed by atoms with Gasteiger partial charge in [0.25, 0.3) is 0 Å². The summed E-state index contributed by atoms with van der Waals surface area (Å²) in [6.07, 6.45) is 2.20. The highest BCUT2D eigenvalue weighted by Gasteiger charge is 2.30. The van der Waals surface area contributed by atoms with Gasteiger partial charge in [-0.05, 0) is 12.8 Å². The van der Waals surface area contributed by atoms with E-state index in [4.69, 9.17) is 9.84 Å². The first-order valence-electron chi connectivity index (χ1n) is 7.52. The maximum absolute atomic E-state index is 12.0. The third-order valence-corrected chi connectivity index (χ3v) is 4.35. The van der Waals surface area contributed by atoms with Gasteiger partial charge in [0.15, 0.2) is 0 Å². The molecule has 0 unspecified atom stereocenters. The summed E-state index contributed by atoms with van der Waals surface area (Å²) in [7, 11) is 0. The second-order valence-corrected chi connectivity index (χ2v) is 5.93. The van der Waals surface area contributed by atoms with E-state index in [1.54, 1.807) is 4.90 Å². The summed E-state index contributed by atoms with van der Waals surface area (Å²) in [5.41, 5.74) is -0.783. The van der Waals surface area contributed by atoms with Gasteiger partial charge in [-0.3, -0.25) is 9.59 Å². The van der Waals surface area contributed by atoms with Crippen LogP contribution in [0, 0.1) is 5.92 Å². The molecule has 0 aromatic rings. The fourth-order valence-corrected chi connectivity index (χ4v) is 2.82. The van der Waals surface area contributed by atoms with Crippen molar-refractivity contribution in [3.63, 3.8) is 0 Å². The predicted molar refractivity (Wildman–Crippen MR) is 74.8 cm³/mol. The van der Waals surface area contributed by atoms with Crippen molar-refractivity contribution in [1.29, 1.82) is 0 Å². The van der Waals surface area contributed by atoms with Gasteiger partial charge in [-0.15, -0.1) is 0 Å². The highest BCUT2D eigenvalue weighted by molar-refractivity contribution is 5.78. The van der Waals surface area contributed by atoms with Crippen molar-refractivity contribution >= 4 is 11.9 Å². The molecule has 2 aliphatic rings. The van der Waals surface area contributed by atoms with E-state index in [0.29, 0.717) is 58.5 Å². The number of aliphatic carboxylic acids is 1. The Balaban J connectivity index is 1.67. The van der Waals surface area contributed by atoms with Crippen LogP contribution in [0.3, 0.4) is 0 Å². The monoisotopic (exact) mass is 300 g/mol. The molecular weight excluding hydrogens is 276 g/mol. The minimum Gasteiger partial charge on any atom is -0.481 e. The van der Waals surface area contributed by atoms with Gasteiger partial charge in [-0.25, -0.2) is 0 Å². The minimum absolute atomic E-state index is 0.0329. The van der Waals surface area contributed by atoms with E-state index in [-0.39, 0.29) is 18.4 Å². The normalized spacial score (nSPS) is 23.0. The number of carbonyl (C=O) groups excluding carboxylic acids is 1. The van der Waals surface area contributed by atoms with Crippen molar-refractivity contribution in [2.45, 2.75) is 31.3 Å². The van der Waals surface area contributed by atoms with Crippen LogP contribution in [0.25, 0.3) is 0 Å². The Hall–Kier alpha value is -1.18. The number of aliphatic hydroxyl groups is 1. The fourth-order valence-electron chi connectivity index (χ4n) is 2.82. The van der Waals surface area contributed by atoms with Crippen LogP contribution in [0.5, 0.6) is 0 Å². The second kappa shape index (κ2) is 7.20. The first-order valence-corrected chi connectivity index (χ1v) is 7.52. The number of amides is 1. The van der Waals surface area contributed by atoms with Gasteiger partial charge >= 0.3 is 5.97 Å². The molecule has 0 aromatic carbocycles. The van der Waals surface area contributed by atoms with Crippen molar-refractivity contribution in [2.24, 2.45) is 5.92 Å². The maximum Gasteiger partial charge on any atom is 0.306 e. The van der Waals surface area contributed by atoms with E-state index < -0.39 is 11.6 Å². The van der Waals surface area contributed by atoms with Crippen LogP contribution < -0.4 is 5.32 Å². The molecule has 2 fully saturated rings. The zero-order valence-electron chi connectivity index (χ0n) is 12.2. The van der Waals surface area contributed by atoms with E-state index >= 15 is 0 Å². The van der Waals surface area contributed by atoms with Gasteiger partial charge in [0.05, 0.1) is 18.1 Å². The molecule has 0 saturated carbocycles. The Kier molecular flexibility index (Phi) is 5.55. The maximum atomic E-state index is 12.0. The van der Waals surface area contributed by atoms with Gasteiger partial charge < -0.3 is 25.2 Å². The van der Waals surface area contributed by atoms with E-state index in [2.05, 4.69) is 5.32 Å². The lowest BCUT2D eigenvalue weighted by Crippen LogP contribution is -2.49. The van der Waals surface area contributed by atoms with Crippen LogP contribution in [-0.2, 0) is 14.3 Å². The van der Waals surface area contributed by atoms with Crippen LogP contribution in [0.2, 0.25) is 0 Å². The van der Waals surface area contributed by atoms with Gasteiger partial charge in [0, 0.05) is 45.7 Å². The zero-order chi connectivity index (χ0) is 15.3. The van der Waals surface area contributed by atoms with Crippen LogP contribution in [0.4, 0.5) is 0 Å². The number of piperidine rings is 1. The topological polar surface area (TPSA) is 99.1 Å². The van der Waals surface area contributed by atoms with Crippen molar-refractivity contribution < 1.29 is 24.5 Å². The molecule has 2 saturated heterocycles. The number of rotatable bonds is 5. The number of likely N-dealkylation sites (tertiary alicyclic amines) is 1. The lowest BCUT2D eigenvalue weighted by Gasteiger charge is -2.33. The molecule has 120 valence electrons. The number of carbonyl (C=O) groups is 2. The molecule has 2 heterocycles. The number of hydrogen-bond donors (Lipinski definition) is 3. The van der Waals surface area contributed by atoms with Crippen molar-refractivity contribution in [2.75, 3.05) is 39.4 Å². The molecular formula is C14H24N2O5. The lowest BCUT2D eigenvalue weighted by atomic mass is 9.94. The number of hydrogen-bond acceptors (Lipinski definition) is 5. The third-order valence-electron chi connectivity index (χ3n) is 4.35. The smallest absolute Gasteiger partial charge is 0.306 e. The second-order valence-electron chi connectivity index (χ2n) is 5.93. The largest absolute Gasteiger partial charge is 0.481 e. The van der Waals surface area contributed by atoms with E-state index in [9.17, 15) is 14.7 Å². The molecule has 0 aliphatic carbocycles. The average Bonchev–Trinajstić information content (AvgIpc) is 2.48. The first kappa shape index (κ1) is 16.2. The molecule has 0 bridgehead atoms. The summed E-state index contributed by atoms with van der Waals surface area (Å²) < 4.78 is 5.21. The Labute approximate surface area is 124 Å². The summed E-state index contributed by atoms with van der Waals surface area (Å²) in [4.78, 5) is 24.6. The minimum atomic E-state index is -0.783. The summed E-state index contributed by atoms with van der Waals surface area (Å²) in [5, 5.41) is 22.2. The Morgan fingerprint density at radius 3 is 2.43 bits per heavy atom. The third kappa shape index (κ3) is 4.66. The van der Waals surface area contributed by atoms with Crippen LogP contribution in [-0.4, -0.2) is 72.0 Å². The molecule has 0 atom stereocenters.